The Hall–Kier alpha value is -2.84. The van der Waals surface area contributed by atoms with E-state index >= 15 is 0 Å². The Kier molecular flexibility index (Phi) is 13.8. The van der Waals surface area contributed by atoms with E-state index < -0.39 is 23.6 Å². The molecular formula is C24H41FN4O4. The third kappa shape index (κ3) is 11.0. The number of benzene rings is 1. The lowest BCUT2D eigenvalue weighted by Crippen LogP contribution is -2.40. The van der Waals surface area contributed by atoms with E-state index in [4.69, 9.17) is 4.74 Å². The van der Waals surface area contributed by atoms with E-state index in [1.165, 1.54) is 13.1 Å². The van der Waals surface area contributed by atoms with Crippen molar-refractivity contribution in [3.05, 3.63) is 24.0 Å². The number of ether oxygens (including phenoxy) is 1. The number of amides is 2. The second-order valence-corrected chi connectivity index (χ2v) is 8.20. The number of nitrogens with zero attached hydrogens (tertiary/aromatic N) is 2. The highest BCUT2D eigenvalue weighted by Crippen LogP contribution is 2.23. The van der Waals surface area contributed by atoms with Crippen molar-refractivity contribution < 1.29 is 23.5 Å². The minimum Gasteiger partial charge on any atom is -0.444 e. The molecule has 0 spiro atoms. The number of likely N-dealkylation sites (N-methyl/N-ethyl adjacent to an activating group) is 3. The van der Waals surface area contributed by atoms with Crippen LogP contribution in [0, 0.1) is 5.82 Å². The van der Waals surface area contributed by atoms with Gasteiger partial charge in [-0.15, -0.1) is 0 Å². The number of halogens is 1. The van der Waals surface area contributed by atoms with Crippen LogP contribution in [0.3, 0.4) is 0 Å². The SMILES string of the molecule is CC.CCN(CCN(C)c1ccc(NC(CCC=O)C(=O)NC)cc1F)C(=O)OC(C)(C)C. The summed E-state index contributed by atoms with van der Waals surface area (Å²) in [5.74, 6) is -0.732. The molecule has 2 N–H and O–H groups in total. The van der Waals surface area contributed by atoms with Gasteiger partial charge in [-0.25, -0.2) is 9.18 Å². The number of anilines is 2. The van der Waals surface area contributed by atoms with Gasteiger partial charge in [0, 0.05) is 45.8 Å². The molecule has 0 aliphatic rings. The minimum atomic E-state index is -0.634. The summed E-state index contributed by atoms with van der Waals surface area (Å²) in [6.07, 6.45) is 0.871. The molecule has 1 atom stereocenters. The van der Waals surface area contributed by atoms with Crippen molar-refractivity contribution >= 4 is 29.7 Å². The normalized spacial score (nSPS) is 11.4. The molecule has 0 aliphatic heterocycles. The van der Waals surface area contributed by atoms with E-state index in [9.17, 15) is 18.8 Å². The number of rotatable bonds is 11. The standard InChI is InChI=1S/C22H35FN4O4.C2H6/c1-7-27(21(30)31-22(2,3)4)13-12-26(6)19-11-10-16(15-17(19)23)25-18(9-8-14-28)20(29)24-5;1-2/h10-11,14-15,18,25H,7-9,12-13H2,1-6H3,(H,24,29);1-2H3. The molecule has 1 aromatic rings. The summed E-state index contributed by atoms with van der Waals surface area (Å²) in [6, 6.07) is 3.97. The maximum absolute atomic E-state index is 14.7. The van der Waals surface area contributed by atoms with Crippen LogP contribution in [0.25, 0.3) is 0 Å². The number of hydrogen-bond donors (Lipinski definition) is 2. The number of carbonyl (C=O) groups is 3. The van der Waals surface area contributed by atoms with Gasteiger partial charge in [0.1, 0.15) is 23.7 Å². The Morgan fingerprint density at radius 2 is 1.85 bits per heavy atom. The third-order valence-electron chi connectivity index (χ3n) is 4.57. The first kappa shape index (κ1) is 30.2. The van der Waals surface area contributed by atoms with E-state index in [1.807, 2.05) is 41.5 Å². The first-order valence-electron chi connectivity index (χ1n) is 11.4. The zero-order valence-corrected chi connectivity index (χ0v) is 21.3. The third-order valence-corrected chi connectivity index (χ3v) is 4.57. The fourth-order valence-electron chi connectivity index (χ4n) is 2.88. The van der Waals surface area contributed by atoms with Gasteiger partial charge in [0.05, 0.1) is 5.69 Å². The van der Waals surface area contributed by atoms with Gasteiger partial charge in [-0.2, -0.15) is 0 Å². The number of nitrogens with one attached hydrogen (secondary N) is 2. The quantitative estimate of drug-likeness (QED) is 0.476. The van der Waals surface area contributed by atoms with Crippen LogP contribution in [-0.2, 0) is 14.3 Å². The van der Waals surface area contributed by atoms with Crippen molar-refractivity contribution in [2.75, 3.05) is 43.9 Å². The fraction of sp³-hybridized carbons (Fsp3) is 0.625. The van der Waals surface area contributed by atoms with E-state index in [0.717, 1.165) is 6.29 Å². The molecule has 1 aromatic carbocycles. The number of aldehydes is 1. The van der Waals surface area contributed by atoms with Gasteiger partial charge < -0.3 is 30.0 Å². The molecule has 0 saturated carbocycles. The average molecular weight is 469 g/mol. The summed E-state index contributed by atoms with van der Waals surface area (Å²) in [5, 5.41) is 5.50. The maximum Gasteiger partial charge on any atom is 0.410 e. The van der Waals surface area contributed by atoms with E-state index in [1.54, 1.807) is 29.0 Å². The summed E-state index contributed by atoms with van der Waals surface area (Å²) >= 11 is 0. The molecule has 0 heterocycles. The zero-order chi connectivity index (χ0) is 25.6. The Morgan fingerprint density at radius 1 is 1.21 bits per heavy atom. The van der Waals surface area contributed by atoms with Gasteiger partial charge in [-0.1, -0.05) is 13.8 Å². The van der Waals surface area contributed by atoms with Crippen LogP contribution in [0.1, 0.15) is 54.4 Å². The molecule has 0 saturated heterocycles. The van der Waals surface area contributed by atoms with Gasteiger partial charge >= 0.3 is 6.09 Å². The first-order chi connectivity index (χ1) is 15.5. The molecule has 33 heavy (non-hydrogen) atoms. The smallest absolute Gasteiger partial charge is 0.410 e. The summed E-state index contributed by atoms with van der Waals surface area (Å²) in [7, 11) is 3.25. The first-order valence-corrected chi connectivity index (χ1v) is 11.4. The monoisotopic (exact) mass is 468 g/mol. The van der Waals surface area contributed by atoms with Crippen LogP contribution in [0.2, 0.25) is 0 Å². The van der Waals surface area contributed by atoms with Crippen LogP contribution in [0.4, 0.5) is 20.6 Å². The highest BCUT2D eigenvalue weighted by molar-refractivity contribution is 5.84. The predicted molar refractivity (Wildman–Crippen MR) is 131 cm³/mol. The van der Waals surface area contributed by atoms with Crippen molar-refractivity contribution in [2.45, 2.75) is 66.0 Å². The van der Waals surface area contributed by atoms with Gasteiger partial charge in [0.15, 0.2) is 0 Å². The molecule has 2 amide bonds. The van der Waals surface area contributed by atoms with Gasteiger partial charge in [-0.3, -0.25) is 4.79 Å². The molecule has 0 fully saturated rings. The molecule has 188 valence electrons. The molecule has 0 aromatic heterocycles. The van der Waals surface area contributed by atoms with Crippen molar-refractivity contribution in [3.8, 4) is 0 Å². The highest BCUT2D eigenvalue weighted by atomic mass is 19.1. The van der Waals surface area contributed by atoms with Gasteiger partial charge in [0.2, 0.25) is 5.91 Å². The van der Waals surface area contributed by atoms with Crippen LogP contribution < -0.4 is 15.5 Å². The second kappa shape index (κ2) is 15.1. The zero-order valence-electron chi connectivity index (χ0n) is 21.3. The van der Waals surface area contributed by atoms with Crippen molar-refractivity contribution in [1.82, 2.24) is 10.2 Å². The second-order valence-electron chi connectivity index (χ2n) is 8.20. The van der Waals surface area contributed by atoms with E-state index in [0.29, 0.717) is 37.4 Å². The molecule has 0 aliphatic carbocycles. The maximum atomic E-state index is 14.7. The van der Waals surface area contributed by atoms with Crippen LogP contribution in [0.15, 0.2) is 18.2 Å². The Bertz CT molecular complexity index is 752. The van der Waals surface area contributed by atoms with Crippen molar-refractivity contribution in [2.24, 2.45) is 0 Å². The topological polar surface area (TPSA) is 91.0 Å². The van der Waals surface area contributed by atoms with Crippen LogP contribution in [-0.4, -0.2) is 68.6 Å². The average Bonchev–Trinajstić information content (AvgIpc) is 2.76. The molecule has 1 unspecified atom stereocenters. The minimum absolute atomic E-state index is 0.222. The summed E-state index contributed by atoms with van der Waals surface area (Å²) < 4.78 is 20.1. The predicted octanol–water partition coefficient (Wildman–Crippen LogP) is 4.05. The summed E-state index contributed by atoms with van der Waals surface area (Å²) in [5.41, 5.74) is 0.233. The Labute approximate surface area is 197 Å². The van der Waals surface area contributed by atoms with Crippen molar-refractivity contribution in [1.29, 1.82) is 0 Å². The molecule has 0 radical (unpaired) electrons. The van der Waals surface area contributed by atoms with Gasteiger partial charge in [0.25, 0.3) is 0 Å². The Balaban J connectivity index is 0.00000497. The highest BCUT2D eigenvalue weighted by Gasteiger charge is 2.22. The lowest BCUT2D eigenvalue weighted by atomic mass is 10.1. The number of hydrogen-bond acceptors (Lipinski definition) is 6. The lowest BCUT2D eigenvalue weighted by molar-refractivity contribution is -0.121. The lowest BCUT2D eigenvalue weighted by Gasteiger charge is -2.29. The van der Waals surface area contributed by atoms with Crippen LogP contribution >= 0.6 is 0 Å². The number of carbonyl (C=O) groups excluding carboxylic acids is 3. The summed E-state index contributed by atoms with van der Waals surface area (Å²) in [4.78, 5) is 38.1. The Morgan fingerprint density at radius 3 is 2.33 bits per heavy atom. The summed E-state index contributed by atoms with van der Waals surface area (Å²) in [6.45, 7) is 12.6. The molecule has 8 nitrogen and oxygen atoms in total. The molecule has 0 bridgehead atoms. The van der Waals surface area contributed by atoms with E-state index in [-0.39, 0.29) is 12.3 Å². The molecule has 1 rings (SSSR count). The van der Waals surface area contributed by atoms with Crippen molar-refractivity contribution in [3.63, 3.8) is 0 Å². The fourth-order valence-corrected chi connectivity index (χ4v) is 2.88. The molecule has 9 heteroatoms. The van der Waals surface area contributed by atoms with Crippen LogP contribution in [0.5, 0.6) is 0 Å². The van der Waals surface area contributed by atoms with Gasteiger partial charge in [-0.05, 0) is 52.3 Å². The largest absolute Gasteiger partial charge is 0.444 e. The molecular weight excluding hydrogens is 427 g/mol. The van der Waals surface area contributed by atoms with E-state index in [2.05, 4.69) is 10.6 Å².